The van der Waals surface area contributed by atoms with Crippen molar-refractivity contribution < 1.29 is 59.1 Å². The third kappa shape index (κ3) is 12.4. The van der Waals surface area contributed by atoms with Gasteiger partial charge < -0.3 is 47.2 Å². The quantitative estimate of drug-likeness (QED) is 0.101. The molecule has 0 saturated heterocycles. The van der Waals surface area contributed by atoms with E-state index in [1.165, 1.54) is 24.3 Å². The van der Waals surface area contributed by atoms with Crippen LogP contribution in [-0.2, 0) is 40.0 Å². The molecule has 0 fully saturated rings. The summed E-state index contributed by atoms with van der Waals surface area (Å²) in [6.07, 6.45) is -3.03. The molecule has 3 amide bonds. The molecule has 0 radical (unpaired) electrons. The minimum absolute atomic E-state index is 0.0893. The van der Waals surface area contributed by atoms with Crippen molar-refractivity contribution in [3.05, 3.63) is 29.8 Å². The summed E-state index contributed by atoms with van der Waals surface area (Å²) in [5, 5.41) is 52.0. The molecule has 0 bridgehead atoms. The number of carboxylic acid groups (broad SMARTS) is 4. The van der Waals surface area contributed by atoms with Crippen LogP contribution in [0.5, 0.6) is 5.75 Å². The molecular formula is C23H30N4O12. The molecule has 16 nitrogen and oxygen atoms in total. The zero-order valence-electron chi connectivity index (χ0n) is 20.5. The van der Waals surface area contributed by atoms with E-state index in [1.807, 2.05) is 5.32 Å². The van der Waals surface area contributed by atoms with E-state index in [9.17, 15) is 48.9 Å². The maximum atomic E-state index is 13.1. The lowest BCUT2D eigenvalue weighted by molar-refractivity contribution is -0.144. The summed E-state index contributed by atoms with van der Waals surface area (Å²) in [5.41, 5.74) is 6.12. The number of nitrogens with one attached hydrogen (secondary N) is 3. The molecular weight excluding hydrogens is 524 g/mol. The number of benzene rings is 1. The third-order valence-electron chi connectivity index (χ3n) is 5.29. The number of carbonyl (C=O) groups is 7. The van der Waals surface area contributed by atoms with E-state index < -0.39 is 91.4 Å². The van der Waals surface area contributed by atoms with Crippen LogP contribution in [0.1, 0.15) is 37.7 Å². The van der Waals surface area contributed by atoms with Gasteiger partial charge in [0, 0.05) is 19.3 Å². The van der Waals surface area contributed by atoms with Crippen molar-refractivity contribution in [2.45, 2.75) is 62.7 Å². The fourth-order valence-electron chi connectivity index (χ4n) is 3.22. The molecule has 16 heteroatoms. The first kappa shape index (κ1) is 32.3. The van der Waals surface area contributed by atoms with Crippen LogP contribution in [0.2, 0.25) is 0 Å². The summed E-state index contributed by atoms with van der Waals surface area (Å²) in [6, 6.07) is -0.836. The number of aromatic hydroxyl groups is 1. The average molecular weight is 555 g/mol. The van der Waals surface area contributed by atoms with Crippen LogP contribution in [0.25, 0.3) is 0 Å². The van der Waals surface area contributed by atoms with Gasteiger partial charge in [-0.3, -0.25) is 28.8 Å². The zero-order valence-corrected chi connectivity index (χ0v) is 20.5. The van der Waals surface area contributed by atoms with E-state index in [0.717, 1.165) is 0 Å². The van der Waals surface area contributed by atoms with Gasteiger partial charge >= 0.3 is 23.9 Å². The molecule has 1 aromatic carbocycles. The van der Waals surface area contributed by atoms with E-state index in [-0.39, 0.29) is 18.6 Å². The Bertz CT molecular complexity index is 1080. The van der Waals surface area contributed by atoms with Gasteiger partial charge in [-0.15, -0.1) is 0 Å². The molecule has 0 aromatic heterocycles. The van der Waals surface area contributed by atoms with Gasteiger partial charge in [-0.25, -0.2) is 4.79 Å². The largest absolute Gasteiger partial charge is 0.508 e. The Morgan fingerprint density at radius 1 is 0.667 bits per heavy atom. The lowest BCUT2D eigenvalue weighted by Crippen LogP contribution is -2.58. The van der Waals surface area contributed by atoms with Crippen LogP contribution in [0, 0.1) is 0 Å². The van der Waals surface area contributed by atoms with E-state index in [4.69, 9.17) is 15.9 Å². The lowest BCUT2D eigenvalue weighted by atomic mass is 10.0. The number of aliphatic carboxylic acids is 4. The van der Waals surface area contributed by atoms with Crippen molar-refractivity contribution in [1.29, 1.82) is 0 Å². The molecule has 0 heterocycles. The molecule has 0 saturated carbocycles. The van der Waals surface area contributed by atoms with Gasteiger partial charge in [0.15, 0.2) is 0 Å². The van der Waals surface area contributed by atoms with E-state index in [1.54, 1.807) is 0 Å². The number of amides is 3. The van der Waals surface area contributed by atoms with Crippen molar-refractivity contribution in [3.8, 4) is 5.75 Å². The Hall–Kier alpha value is -4.73. The fraction of sp³-hybridized carbons (Fsp3) is 0.435. The molecule has 0 aliphatic heterocycles. The number of carboxylic acids is 4. The Balaban J connectivity index is 3.14. The smallest absolute Gasteiger partial charge is 0.326 e. The monoisotopic (exact) mass is 554 g/mol. The predicted octanol–water partition coefficient (Wildman–Crippen LogP) is -1.99. The molecule has 1 aromatic rings. The number of hydrogen-bond acceptors (Lipinski definition) is 9. The van der Waals surface area contributed by atoms with Crippen molar-refractivity contribution in [2.24, 2.45) is 5.73 Å². The first-order chi connectivity index (χ1) is 18.2. The minimum atomic E-state index is -1.82. The summed E-state index contributed by atoms with van der Waals surface area (Å²) < 4.78 is 0. The van der Waals surface area contributed by atoms with E-state index in [0.29, 0.717) is 5.56 Å². The van der Waals surface area contributed by atoms with Crippen LogP contribution in [-0.4, -0.2) is 91.3 Å². The zero-order chi connectivity index (χ0) is 29.7. The molecule has 1 rings (SSSR count). The van der Waals surface area contributed by atoms with Gasteiger partial charge in [-0.05, 0) is 30.5 Å². The molecule has 4 unspecified atom stereocenters. The first-order valence-corrected chi connectivity index (χ1v) is 11.5. The molecule has 214 valence electrons. The molecule has 0 aliphatic carbocycles. The summed E-state index contributed by atoms with van der Waals surface area (Å²) in [7, 11) is 0. The maximum Gasteiger partial charge on any atom is 0.326 e. The number of phenols is 1. The van der Waals surface area contributed by atoms with Crippen LogP contribution in [0.4, 0.5) is 0 Å². The molecule has 39 heavy (non-hydrogen) atoms. The number of hydrogen-bond donors (Lipinski definition) is 9. The van der Waals surface area contributed by atoms with Crippen molar-refractivity contribution in [3.63, 3.8) is 0 Å². The minimum Gasteiger partial charge on any atom is -0.508 e. The molecule has 0 spiro atoms. The summed E-state index contributed by atoms with van der Waals surface area (Å²) >= 11 is 0. The Kier molecular flexibility index (Phi) is 12.8. The van der Waals surface area contributed by atoms with Gasteiger partial charge in [-0.2, -0.15) is 0 Å². The second-order valence-corrected chi connectivity index (χ2v) is 8.46. The average Bonchev–Trinajstić information content (AvgIpc) is 2.84. The van der Waals surface area contributed by atoms with E-state index >= 15 is 0 Å². The third-order valence-corrected chi connectivity index (χ3v) is 5.29. The SMILES string of the molecule is NC(CCC(=O)O)C(=O)NC(Cc1ccc(O)cc1)C(=O)NC(CC(=O)O)C(=O)NC(CCC(=O)O)C(=O)O. The van der Waals surface area contributed by atoms with Gasteiger partial charge in [0.05, 0.1) is 12.5 Å². The summed E-state index contributed by atoms with van der Waals surface area (Å²) in [4.78, 5) is 82.6. The number of rotatable bonds is 17. The standard InChI is InChI=1S/C23H30N4O12/c24-13(5-7-17(29)30)20(35)26-15(9-11-1-3-12(28)4-2-11)21(36)27-16(10-19(33)34)22(37)25-14(23(38)39)6-8-18(31)32/h1-4,13-16,28H,5-10,24H2,(H,25,37)(H,26,35)(H,27,36)(H,29,30)(H,31,32)(H,33,34)(H,38,39). The highest BCUT2D eigenvalue weighted by molar-refractivity contribution is 5.95. The van der Waals surface area contributed by atoms with Gasteiger partial charge in [0.2, 0.25) is 17.7 Å². The highest BCUT2D eigenvalue weighted by Crippen LogP contribution is 2.12. The van der Waals surface area contributed by atoms with E-state index in [2.05, 4.69) is 10.6 Å². The number of nitrogens with two attached hydrogens (primary N) is 1. The Morgan fingerprint density at radius 2 is 1.15 bits per heavy atom. The highest BCUT2D eigenvalue weighted by atomic mass is 16.4. The Labute approximate surface area is 221 Å². The molecule has 0 aliphatic rings. The van der Waals surface area contributed by atoms with Crippen molar-refractivity contribution in [1.82, 2.24) is 16.0 Å². The van der Waals surface area contributed by atoms with Gasteiger partial charge in [0.1, 0.15) is 23.9 Å². The molecule has 10 N–H and O–H groups in total. The topological polar surface area (TPSA) is 283 Å². The predicted molar refractivity (Wildman–Crippen MR) is 129 cm³/mol. The number of phenolic OH excluding ortho intramolecular Hbond substituents is 1. The van der Waals surface area contributed by atoms with Gasteiger partial charge in [0.25, 0.3) is 0 Å². The fourth-order valence-corrected chi connectivity index (χ4v) is 3.22. The van der Waals surface area contributed by atoms with Gasteiger partial charge in [-0.1, -0.05) is 12.1 Å². The van der Waals surface area contributed by atoms with Crippen LogP contribution in [0.15, 0.2) is 24.3 Å². The van der Waals surface area contributed by atoms with Crippen molar-refractivity contribution >= 4 is 41.6 Å². The highest BCUT2D eigenvalue weighted by Gasteiger charge is 2.32. The first-order valence-electron chi connectivity index (χ1n) is 11.5. The molecule has 4 atom stereocenters. The van der Waals surface area contributed by atoms with Crippen LogP contribution < -0.4 is 21.7 Å². The lowest BCUT2D eigenvalue weighted by Gasteiger charge is -2.24. The Morgan fingerprint density at radius 3 is 1.67 bits per heavy atom. The summed E-state index contributed by atoms with van der Waals surface area (Å²) in [6.45, 7) is 0. The second kappa shape index (κ2) is 15.5. The van der Waals surface area contributed by atoms with Crippen molar-refractivity contribution in [2.75, 3.05) is 0 Å². The van der Waals surface area contributed by atoms with Crippen LogP contribution >= 0.6 is 0 Å². The number of carbonyl (C=O) groups excluding carboxylic acids is 3. The second-order valence-electron chi connectivity index (χ2n) is 8.46. The summed E-state index contributed by atoms with van der Waals surface area (Å²) in [5.74, 6) is -8.94. The normalized spacial score (nSPS) is 13.7. The van der Waals surface area contributed by atoms with Crippen LogP contribution in [0.3, 0.4) is 0 Å². The maximum absolute atomic E-state index is 13.1.